The van der Waals surface area contributed by atoms with Gasteiger partial charge in [-0.15, -0.1) is 0 Å². The van der Waals surface area contributed by atoms with Crippen LogP contribution in [0, 0.1) is 0 Å². The fourth-order valence-electron chi connectivity index (χ4n) is 1.15. The third-order valence-electron chi connectivity index (χ3n) is 2.05. The van der Waals surface area contributed by atoms with Crippen LogP contribution in [-0.2, 0) is 0 Å². The van der Waals surface area contributed by atoms with Gasteiger partial charge in [-0.3, -0.25) is 4.79 Å². The van der Waals surface area contributed by atoms with Crippen molar-refractivity contribution in [1.29, 1.82) is 0 Å². The standard InChI is InChI=1S/C7H11ClFNO/c1-7(9)2-4-10(5-3-7)6(8)11/h2-5H2,1H3. The van der Waals surface area contributed by atoms with E-state index in [9.17, 15) is 9.18 Å². The first-order valence-corrected chi connectivity index (χ1v) is 4.02. The lowest BCUT2D eigenvalue weighted by Crippen LogP contribution is -2.41. The maximum atomic E-state index is 13.1. The maximum Gasteiger partial charge on any atom is 0.316 e. The van der Waals surface area contributed by atoms with Crippen molar-refractivity contribution in [3.63, 3.8) is 0 Å². The molecule has 0 aromatic carbocycles. The molecule has 0 aromatic heterocycles. The predicted octanol–water partition coefficient (Wildman–Crippen LogP) is 2.17. The molecule has 11 heavy (non-hydrogen) atoms. The molecule has 2 nitrogen and oxygen atoms in total. The van der Waals surface area contributed by atoms with Crippen molar-refractivity contribution in [3.05, 3.63) is 0 Å². The molecule has 4 heteroatoms. The summed E-state index contributed by atoms with van der Waals surface area (Å²) in [5.41, 5.74) is -1.11. The molecule has 0 atom stereocenters. The van der Waals surface area contributed by atoms with Gasteiger partial charge in [0.15, 0.2) is 0 Å². The molecule has 0 unspecified atom stereocenters. The van der Waals surface area contributed by atoms with Gasteiger partial charge in [0, 0.05) is 13.1 Å². The largest absolute Gasteiger partial charge is 0.329 e. The predicted molar refractivity (Wildman–Crippen MR) is 41.6 cm³/mol. The van der Waals surface area contributed by atoms with E-state index < -0.39 is 11.0 Å². The van der Waals surface area contributed by atoms with Gasteiger partial charge in [0.1, 0.15) is 5.67 Å². The summed E-state index contributed by atoms with van der Waals surface area (Å²) in [4.78, 5) is 12.0. The van der Waals surface area contributed by atoms with Crippen LogP contribution in [0.5, 0.6) is 0 Å². The third-order valence-corrected chi connectivity index (χ3v) is 2.29. The Labute approximate surface area is 70.3 Å². The van der Waals surface area contributed by atoms with Crippen LogP contribution in [0.2, 0.25) is 0 Å². The van der Waals surface area contributed by atoms with Crippen molar-refractivity contribution in [2.24, 2.45) is 0 Å². The summed E-state index contributed by atoms with van der Waals surface area (Å²) >= 11 is 5.21. The van der Waals surface area contributed by atoms with Crippen molar-refractivity contribution < 1.29 is 9.18 Å². The second-order valence-corrected chi connectivity index (χ2v) is 3.48. The molecule has 0 saturated carbocycles. The SMILES string of the molecule is CC1(F)CCN(C(=O)Cl)CC1. The highest BCUT2D eigenvalue weighted by molar-refractivity contribution is 6.62. The first-order valence-electron chi connectivity index (χ1n) is 3.65. The minimum absolute atomic E-state index is 0.394. The lowest BCUT2D eigenvalue weighted by Gasteiger charge is -2.32. The van der Waals surface area contributed by atoms with E-state index >= 15 is 0 Å². The van der Waals surface area contributed by atoms with Crippen molar-refractivity contribution in [2.75, 3.05) is 13.1 Å². The summed E-state index contributed by atoms with van der Waals surface area (Å²) in [5.74, 6) is 0. The van der Waals surface area contributed by atoms with Crippen LogP contribution in [-0.4, -0.2) is 29.0 Å². The Balaban J connectivity index is 2.42. The van der Waals surface area contributed by atoms with E-state index in [0.717, 1.165) is 0 Å². The number of amides is 1. The van der Waals surface area contributed by atoms with Crippen molar-refractivity contribution in [3.8, 4) is 0 Å². The van der Waals surface area contributed by atoms with Gasteiger partial charge in [0.25, 0.3) is 0 Å². The number of carbonyl (C=O) groups is 1. The van der Waals surface area contributed by atoms with E-state index in [4.69, 9.17) is 11.6 Å². The Kier molecular flexibility index (Phi) is 2.37. The summed E-state index contributed by atoms with van der Waals surface area (Å²) in [6, 6.07) is 0. The van der Waals surface area contributed by atoms with Crippen LogP contribution in [0.1, 0.15) is 19.8 Å². The highest BCUT2D eigenvalue weighted by Gasteiger charge is 2.30. The molecule has 1 aliphatic rings. The Hall–Kier alpha value is -0.310. The zero-order chi connectivity index (χ0) is 8.48. The molecule has 1 saturated heterocycles. The van der Waals surface area contributed by atoms with Crippen LogP contribution in [0.25, 0.3) is 0 Å². The van der Waals surface area contributed by atoms with Gasteiger partial charge in [0.05, 0.1) is 0 Å². The Morgan fingerprint density at radius 1 is 1.55 bits per heavy atom. The van der Waals surface area contributed by atoms with E-state index in [1.54, 1.807) is 6.92 Å². The van der Waals surface area contributed by atoms with Crippen LogP contribution in [0.3, 0.4) is 0 Å². The molecule has 1 fully saturated rings. The number of halogens is 2. The number of carbonyl (C=O) groups excluding carboxylic acids is 1. The Morgan fingerprint density at radius 3 is 2.36 bits per heavy atom. The summed E-state index contributed by atoms with van der Waals surface area (Å²) in [7, 11) is 0. The zero-order valence-electron chi connectivity index (χ0n) is 6.44. The number of alkyl halides is 1. The van der Waals surface area contributed by atoms with E-state index in [1.165, 1.54) is 4.90 Å². The molecular weight excluding hydrogens is 169 g/mol. The maximum absolute atomic E-state index is 13.1. The molecule has 1 heterocycles. The molecule has 1 aliphatic heterocycles. The molecule has 0 aliphatic carbocycles. The summed E-state index contributed by atoms with van der Waals surface area (Å²) in [6.07, 6.45) is 0.789. The average molecular weight is 180 g/mol. The summed E-state index contributed by atoms with van der Waals surface area (Å²) in [5, 5.41) is -0.472. The Bertz CT molecular complexity index is 162. The van der Waals surface area contributed by atoms with E-state index in [-0.39, 0.29) is 0 Å². The minimum atomic E-state index is -1.11. The van der Waals surface area contributed by atoms with Gasteiger partial charge in [-0.2, -0.15) is 0 Å². The van der Waals surface area contributed by atoms with Crippen molar-refractivity contribution in [2.45, 2.75) is 25.4 Å². The van der Waals surface area contributed by atoms with E-state index in [1.807, 2.05) is 0 Å². The van der Waals surface area contributed by atoms with Gasteiger partial charge < -0.3 is 4.90 Å². The van der Waals surface area contributed by atoms with Crippen LogP contribution < -0.4 is 0 Å². The molecule has 1 amide bonds. The first kappa shape index (κ1) is 8.78. The smallest absolute Gasteiger partial charge is 0.316 e. The topological polar surface area (TPSA) is 20.3 Å². The summed E-state index contributed by atoms with van der Waals surface area (Å²) in [6.45, 7) is 2.44. The fourth-order valence-corrected chi connectivity index (χ4v) is 1.32. The second-order valence-electron chi connectivity index (χ2n) is 3.15. The van der Waals surface area contributed by atoms with E-state index in [0.29, 0.717) is 25.9 Å². The molecule has 0 N–H and O–H groups in total. The average Bonchev–Trinajstić information content (AvgIpc) is 1.86. The van der Waals surface area contributed by atoms with Gasteiger partial charge in [-0.25, -0.2) is 4.39 Å². The lowest BCUT2D eigenvalue weighted by atomic mass is 9.96. The van der Waals surface area contributed by atoms with Gasteiger partial charge >= 0.3 is 5.37 Å². The number of hydrogen-bond donors (Lipinski definition) is 0. The van der Waals surface area contributed by atoms with Crippen molar-refractivity contribution in [1.82, 2.24) is 4.90 Å². The third kappa shape index (κ3) is 2.33. The minimum Gasteiger partial charge on any atom is -0.329 e. The molecule has 64 valence electrons. The number of hydrogen-bond acceptors (Lipinski definition) is 1. The molecule has 0 spiro atoms. The fraction of sp³-hybridized carbons (Fsp3) is 0.857. The number of piperidine rings is 1. The highest BCUT2D eigenvalue weighted by Crippen LogP contribution is 2.25. The zero-order valence-corrected chi connectivity index (χ0v) is 7.20. The number of rotatable bonds is 0. The van der Waals surface area contributed by atoms with Crippen LogP contribution >= 0.6 is 11.6 Å². The molecule has 0 aromatic rings. The molecular formula is C7H11ClFNO. The first-order chi connectivity index (χ1) is 5.01. The quantitative estimate of drug-likeness (QED) is 0.412. The molecule has 0 bridgehead atoms. The van der Waals surface area contributed by atoms with Gasteiger partial charge in [-0.05, 0) is 31.4 Å². The highest BCUT2D eigenvalue weighted by atomic mass is 35.5. The van der Waals surface area contributed by atoms with Crippen LogP contribution in [0.15, 0.2) is 0 Å². The van der Waals surface area contributed by atoms with Crippen molar-refractivity contribution >= 4 is 17.0 Å². The lowest BCUT2D eigenvalue weighted by molar-refractivity contribution is 0.0936. The molecule has 1 rings (SSSR count). The van der Waals surface area contributed by atoms with Gasteiger partial charge in [-0.1, -0.05) is 0 Å². The number of nitrogens with zero attached hydrogens (tertiary/aromatic N) is 1. The normalized spacial score (nSPS) is 23.4. The van der Waals surface area contributed by atoms with Gasteiger partial charge in [0.2, 0.25) is 0 Å². The van der Waals surface area contributed by atoms with E-state index in [2.05, 4.69) is 0 Å². The summed E-state index contributed by atoms with van der Waals surface area (Å²) < 4.78 is 13.1. The second kappa shape index (κ2) is 2.97. The Morgan fingerprint density at radius 2 is 2.00 bits per heavy atom. The van der Waals surface area contributed by atoms with Crippen LogP contribution in [0.4, 0.5) is 9.18 Å². The number of likely N-dealkylation sites (tertiary alicyclic amines) is 1. The monoisotopic (exact) mass is 179 g/mol. The molecule has 0 radical (unpaired) electrons.